The van der Waals surface area contributed by atoms with Crippen molar-refractivity contribution in [3.05, 3.63) is 12.2 Å². The molecule has 0 aromatic carbocycles. The van der Waals surface area contributed by atoms with Crippen LogP contribution in [-0.4, -0.2) is 49.2 Å². The molecule has 0 amide bonds. The van der Waals surface area contributed by atoms with E-state index in [1.54, 1.807) is 6.08 Å². The number of carbonyl (C=O) groups is 2. The summed E-state index contributed by atoms with van der Waals surface area (Å²) in [6, 6.07) is -0.125. The van der Waals surface area contributed by atoms with Crippen LogP contribution in [0.4, 0.5) is 0 Å². The minimum Gasteiger partial charge on any atom is -0.315 e. The van der Waals surface area contributed by atoms with E-state index in [0.717, 1.165) is 32.2 Å². The summed E-state index contributed by atoms with van der Waals surface area (Å²) in [5.74, 6) is 0.159. The fourth-order valence-electron chi connectivity index (χ4n) is 1.87. The first-order chi connectivity index (χ1) is 9.56. The van der Waals surface area contributed by atoms with Crippen LogP contribution in [0.25, 0.3) is 0 Å². The maximum absolute atomic E-state index is 11.5. The summed E-state index contributed by atoms with van der Waals surface area (Å²) in [5, 5.41) is 3.28. The Balaban J connectivity index is 4.43. The Hall–Kier alpha value is -1.00. The predicted octanol–water partition coefficient (Wildman–Crippen LogP) is 2.05. The average Bonchev–Trinajstić information content (AvgIpc) is 2.42. The second kappa shape index (κ2) is 11.8. The van der Waals surface area contributed by atoms with E-state index in [2.05, 4.69) is 24.1 Å². The van der Waals surface area contributed by atoms with Crippen LogP contribution in [0.3, 0.4) is 0 Å². The fraction of sp³-hybridized carbons (Fsp3) is 0.750. The van der Waals surface area contributed by atoms with Gasteiger partial charge in [0.1, 0.15) is 6.29 Å². The molecule has 0 spiro atoms. The lowest BCUT2D eigenvalue weighted by Gasteiger charge is -2.26. The van der Waals surface area contributed by atoms with E-state index in [-0.39, 0.29) is 17.7 Å². The summed E-state index contributed by atoms with van der Waals surface area (Å²) >= 11 is 0. The molecule has 20 heavy (non-hydrogen) atoms. The van der Waals surface area contributed by atoms with Gasteiger partial charge in [0.05, 0.1) is 6.04 Å². The summed E-state index contributed by atoms with van der Waals surface area (Å²) in [6.45, 7) is 11.1. The van der Waals surface area contributed by atoms with Gasteiger partial charge in [-0.1, -0.05) is 33.8 Å². The number of hydrogen-bond acceptors (Lipinski definition) is 4. The maximum Gasteiger partial charge on any atom is 0.157 e. The van der Waals surface area contributed by atoms with Gasteiger partial charge in [-0.15, -0.1) is 0 Å². The highest BCUT2D eigenvalue weighted by atomic mass is 16.1. The van der Waals surface area contributed by atoms with Gasteiger partial charge in [0.2, 0.25) is 0 Å². The summed E-state index contributed by atoms with van der Waals surface area (Å²) in [5.41, 5.74) is 0. The van der Waals surface area contributed by atoms with Crippen LogP contribution in [0.15, 0.2) is 12.2 Å². The van der Waals surface area contributed by atoms with Crippen LogP contribution in [0, 0.1) is 5.92 Å². The van der Waals surface area contributed by atoms with Gasteiger partial charge in [-0.25, -0.2) is 0 Å². The van der Waals surface area contributed by atoms with E-state index in [4.69, 9.17) is 0 Å². The number of ketones is 1. The van der Waals surface area contributed by atoms with E-state index in [9.17, 15) is 9.59 Å². The molecule has 0 aromatic rings. The first-order valence-corrected chi connectivity index (χ1v) is 7.67. The molecule has 0 rings (SSSR count). The van der Waals surface area contributed by atoms with Gasteiger partial charge in [0.15, 0.2) is 5.78 Å². The molecular weight excluding hydrogens is 252 g/mol. The number of nitrogens with one attached hydrogen (secondary N) is 1. The first-order valence-electron chi connectivity index (χ1n) is 7.67. The molecule has 0 aliphatic carbocycles. The number of nitrogens with zero attached hydrogens (tertiary/aromatic N) is 1. The highest BCUT2D eigenvalue weighted by molar-refractivity contribution is 5.91. The smallest absolute Gasteiger partial charge is 0.157 e. The van der Waals surface area contributed by atoms with Gasteiger partial charge in [-0.2, -0.15) is 0 Å². The van der Waals surface area contributed by atoms with Crippen molar-refractivity contribution in [3.63, 3.8) is 0 Å². The van der Waals surface area contributed by atoms with Gasteiger partial charge in [-0.3, -0.25) is 9.69 Å². The molecular formula is C16H30N2O2. The highest BCUT2D eigenvalue weighted by Gasteiger charge is 2.15. The van der Waals surface area contributed by atoms with Crippen molar-refractivity contribution in [2.24, 2.45) is 5.92 Å². The van der Waals surface area contributed by atoms with Gasteiger partial charge in [0, 0.05) is 19.0 Å². The van der Waals surface area contributed by atoms with Crippen LogP contribution in [0.5, 0.6) is 0 Å². The highest BCUT2D eigenvalue weighted by Crippen LogP contribution is 2.01. The van der Waals surface area contributed by atoms with E-state index in [1.165, 1.54) is 0 Å². The minimum atomic E-state index is -0.125. The van der Waals surface area contributed by atoms with Crippen molar-refractivity contribution < 1.29 is 9.59 Å². The molecule has 1 unspecified atom stereocenters. The van der Waals surface area contributed by atoms with Crippen molar-refractivity contribution >= 4 is 12.1 Å². The van der Waals surface area contributed by atoms with Crippen molar-refractivity contribution in [1.82, 2.24) is 10.2 Å². The number of aldehydes is 1. The summed E-state index contributed by atoms with van der Waals surface area (Å²) < 4.78 is 0. The molecule has 4 heteroatoms. The summed E-state index contributed by atoms with van der Waals surface area (Å²) in [7, 11) is 0. The number of allylic oxidation sites excluding steroid dienone is 1. The molecule has 0 aromatic heterocycles. The minimum absolute atomic E-state index is 0.0268. The molecule has 0 heterocycles. The topological polar surface area (TPSA) is 49.4 Å². The van der Waals surface area contributed by atoms with Gasteiger partial charge in [-0.05, 0) is 32.0 Å². The Morgan fingerprint density at radius 1 is 1.25 bits per heavy atom. The summed E-state index contributed by atoms with van der Waals surface area (Å²) in [4.78, 5) is 24.9. The lowest BCUT2D eigenvalue weighted by molar-refractivity contribution is -0.117. The van der Waals surface area contributed by atoms with Crippen molar-refractivity contribution in [2.75, 3.05) is 26.2 Å². The largest absolute Gasteiger partial charge is 0.315 e. The Morgan fingerprint density at radius 3 is 2.45 bits per heavy atom. The second-order valence-electron chi connectivity index (χ2n) is 5.36. The molecule has 4 nitrogen and oxygen atoms in total. The van der Waals surface area contributed by atoms with Gasteiger partial charge >= 0.3 is 0 Å². The standard InChI is InChI=1S/C16H30N2O2/c1-5-9-17-12-15(13-19)18(10-6-2)11-7-8-16(20)14(3)4/h7-8,13-15,17H,5-6,9-12H2,1-4H3/b8-7+. The number of rotatable bonds is 12. The normalized spacial score (nSPS) is 13.3. The zero-order valence-corrected chi connectivity index (χ0v) is 13.4. The van der Waals surface area contributed by atoms with E-state index in [0.29, 0.717) is 13.1 Å². The molecule has 0 aliphatic rings. The maximum atomic E-state index is 11.5. The Bertz CT molecular complexity index is 301. The van der Waals surface area contributed by atoms with Crippen LogP contribution in [-0.2, 0) is 9.59 Å². The molecule has 1 N–H and O–H groups in total. The van der Waals surface area contributed by atoms with Crippen LogP contribution < -0.4 is 5.32 Å². The third-order valence-electron chi connectivity index (χ3n) is 3.11. The van der Waals surface area contributed by atoms with Crippen molar-refractivity contribution in [1.29, 1.82) is 0 Å². The average molecular weight is 282 g/mol. The lowest BCUT2D eigenvalue weighted by Crippen LogP contribution is -2.44. The molecule has 0 bridgehead atoms. The summed E-state index contributed by atoms with van der Waals surface area (Å²) in [6.07, 6.45) is 6.55. The molecule has 0 aliphatic heterocycles. The molecule has 1 atom stereocenters. The van der Waals surface area contributed by atoms with Gasteiger partial charge < -0.3 is 10.1 Å². The Kier molecular flexibility index (Phi) is 11.2. The Morgan fingerprint density at radius 2 is 1.95 bits per heavy atom. The van der Waals surface area contributed by atoms with Crippen LogP contribution in [0.1, 0.15) is 40.5 Å². The first kappa shape index (κ1) is 19.0. The number of carbonyl (C=O) groups excluding carboxylic acids is 2. The van der Waals surface area contributed by atoms with E-state index < -0.39 is 0 Å². The third kappa shape index (κ3) is 8.23. The van der Waals surface area contributed by atoms with Crippen molar-refractivity contribution in [3.8, 4) is 0 Å². The quantitative estimate of drug-likeness (QED) is 0.338. The molecule has 0 radical (unpaired) electrons. The Labute approximate surface area is 123 Å². The van der Waals surface area contributed by atoms with Crippen molar-refractivity contribution in [2.45, 2.75) is 46.6 Å². The molecule has 0 fully saturated rings. The fourth-order valence-corrected chi connectivity index (χ4v) is 1.87. The second-order valence-corrected chi connectivity index (χ2v) is 5.36. The third-order valence-corrected chi connectivity index (χ3v) is 3.11. The zero-order valence-electron chi connectivity index (χ0n) is 13.4. The van der Waals surface area contributed by atoms with Gasteiger partial charge in [0.25, 0.3) is 0 Å². The molecule has 116 valence electrons. The van der Waals surface area contributed by atoms with E-state index in [1.807, 2.05) is 19.9 Å². The monoisotopic (exact) mass is 282 g/mol. The molecule has 0 saturated carbocycles. The predicted molar refractivity (Wildman–Crippen MR) is 83.9 cm³/mol. The number of hydrogen-bond donors (Lipinski definition) is 1. The van der Waals surface area contributed by atoms with E-state index >= 15 is 0 Å². The lowest BCUT2D eigenvalue weighted by atomic mass is 10.1. The van der Waals surface area contributed by atoms with Crippen LogP contribution in [0.2, 0.25) is 0 Å². The molecule has 0 saturated heterocycles. The SMILES string of the molecule is CCCNCC(C=O)N(C/C=C/C(=O)C(C)C)CCC. The zero-order chi connectivity index (χ0) is 15.4. The van der Waals surface area contributed by atoms with Crippen LogP contribution >= 0.6 is 0 Å².